The molecule has 2 radical (unpaired) electrons. The maximum absolute atomic E-state index is 5.37. The first-order valence-corrected chi connectivity index (χ1v) is 5.11. The van der Waals surface area contributed by atoms with Crippen LogP contribution in [0.3, 0.4) is 0 Å². The van der Waals surface area contributed by atoms with Crippen molar-refractivity contribution < 1.29 is 0 Å². The Morgan fingerprint density at radius 1 is 1.00 bits per heavy atom. The lowest BCUT2D eigenvalue weighted by atomic mass is 9.96. The van der Waals surface area contributed by atoms with Gasteiger partial charge >= 0.3 is 0 Å². The van der Waals surface area contributed by atoms with E-state index in [-0.39, 0.29) is 0 Å². The molecule has 3 N–H and O–H groups in total. The highest BCUT2D eigenvalue weighted by Crippen LogP contribution is 1.96. The number of nitrogens with one attached hydrogen (secondary N) is 1. The van der Waals surface area contributed by atoms with E-state index in [9.17, 15) is 0 Å². The van der Waals surface area contributed by atoms with Crippen LogP contribution < -0.4 is 16.5 Å². The van der Waals surface area contributed by atoms with E-state index in [1.807, 2.05) is 0 Å². The summed E-state index contributed by atoms with van der Waals surface area (Å²) in [4.78, 5) is 0. The van der Waals surface area contributed by atoms with E-state index in [1.165, 1.54) is 32.4 Å². The van der Waals surface area contributed by atoms with Crippen LogP contribution in [0.25, 0.3) is 0 Å². The van der Waals surface area contributed by atoms with E-state index < -0.39 is 0 Å². The molecule has 0 unspecified atom stereocenters. The molecule has 74 valence electrons. The summed E-state index contributed by atoms with van der Waals surface area (Å²) in [6, 6.07) is 7.09. The average molecular weight is 188 g/mol. The maximum atomic E-state index is 5.37. The van der Waals surface area contributed by atoms with Crippen LogP contribution >= 0.6 is 0 Å². The maximum Gasteiger partial charge on any atom is 0.113 e. The lowest BCUT2D eigenvalue weighted by molar-refractivity contribution is 0.520. The van der Waals surface area contributed by atoms with Crippen LogP contribution in [0.4, 0.5) is 5.69 Å². The van der Waals surface area contributed by atoms with Crippen molar-refractivity contribution in [1.82, 2.24) is 5.32 Å². The van der Waals surface area contributed by atoms with Gasteiger partial charge in [-0.15, -0.1) is 0 Å². The molecule has 3 heteroatoms. The average Bonchev–Trinajstić information content (AvgIpc) is 2.26. The lowest BCUT2D eigenvalue weighted by Gasteiger charge is -2.08. The van der Waals surface area contributed by atoms with Gasteiger partial charge < -0.3 is 11.1 Å². The Balaban J connectivity index is 0.000000146. The Morgan fingerprint density at radius 3 is 1.86 bits per heavy atom. The number of rotatable bonds is 0. The molecule has 0 atom stereocenters. The van der Waals surface area contributed by atoms with Crippen molar-refractivity contribution in [3.63, 3.8) is 0 Å². The summed E-state index contributed by atoms with van der Waals surface area (Å²) in [7, 11) is 5.37. The number of piperidine rings is 1. The molecule has 0 saturated carbocycles. The predicted octanol–water partition coefficient (Wildman–Crippen LogP) is 0.822. The molecule has 1 saturated heterocycles. The van der Waals surface area contributed by atoms with E-state index in [1.54, 1.807) is 24.3 Å². The Kier molecular flexibility index (Phi) is 5.16. The minimum absolute atomic E-state index is 0.749. The summed E-state index contributed by atoms with van der Waals surface area (Å²) in [6.07, 6.45) is 4.22. The highest BCUT2D eigenvalue weighted by Gasteiger charge is 1.93. The van der Waals surface area contributed by atoms with Gasteiger partial charge in [-0.2, -0.15) is 0 Å². The Hall–Kier alpha value is -0.955. The molecule has 2 rings (SSSR count). The van der Waals surface area contributed by atoms with Crippen LogP contribution in [-0.2, 0) is 0 Å². The van der Waals surface area contributed by atoms with Crippen molar-refractivity contribution in [2.24, 2.45) is 0 Å². The molecule has 0 aromatic heterocycles. The SMILES string of the molecule is C1CCNCC1.[B]c1ccc(N)cc1. The predicted molar refractivity (Wildman–Crippen MR) is 63.0 cm³/mol. The van der Waals surface area contributed by atoms with Gasteiger partial charge in [0.05, 0.1) is 0 Å². The summed E-state index contributed by atoms with van der Waals surface area (Å²) in [6.45, 7) is 2.50. The van der Waals surface area contributed by atoms with E-state index >= 15 is 0 Å². The highest BCUT2D eigenvalue weighted by atomic mass is 14.9. The van der Waals surface area contributed by atoms with Crippen molar-refractivity contribution in [1.29, 1.82) is 0 Å². The van der Waals surface area contributed by atoms with Gasteiger partial charge in [0.25, 0.3) is 0 Å². The van der Waals surface area contributed by atoms with Crippen LogP contribution in [0.15, 0.2) is 24.3 Å². The van der Waals surface area contributed by atoms with Crippen LogP contribution in [0.1, 0.15) is 19.3 Å². The van der Waals surface area contributed by atoms with Crippen LogP contribution in [0.2, 0.25) is 0 Å². The zero-order valence-corrected chi connectivity index (χ0v) is 8.50. The molecule has 1 fully saturated rings. The Bertz CT molecular complexity index is 209. The second kappa shape index (κ2) is 6.49. The zero-order valence-electron chi connectivity index (χ0n) is 8.50. The molecule has 1 aliphatic heterocycles. The fourth-order valence-electron chi connectivity index (χ4n) is 1.30. The molecule has 1 aromatic carbocycles. The second-order valence-electron chi connectivity index (χ2n) is 3.48. The third-order valence-corrected chi connectivity index (χ3v) is 2.14. The van der Waals surface area contributed by atoms with Gasteiger partial charge in [0.15, 0.2) is 0 Å². The number of hydrogen-bond donors (Lipinski definition) is 2. The number of nitrogens with two attached hydrogens (primary N) is 1. The molecule has 0 aliphatic carbocycles. The number of benzene rings is 1. The van der Waals surface area contributed by atoms with Crippen molar-refractivity contribution in [3.8, 4) is 0 Å². The normalized spacial score (nSPS) is 15.4. The van der Waals surface area contributed by atoms with Gasteiger partial charge in [0.1, 0.15) is 7.85 Å². The first kappa shape index (κ1) is 11.1. The topological polar surface area (TPSA) is 38.0 Å². The second-order valence-corrected chi connectivity index (χ2v) is 3.48. The summed E-state index contributed by atoms with van der Waals surface area (Å²) in [5.74, 6) is 0. The number of hydrogen-bond acceptors (Lipinski definition) is 2. The molecule has 1 aromatic rings. The van der Waals surface area contributed by atoms with Crippen LogP contribution in [0.5, 0.6) is 0 Å². The molecular formula is C11H17BN2. The molecule has 1 aliphatic rings. The zero-order chi connectivity index (χ0) is 10.2. The van der Waals surface area contributed by atoms with Crippen molar-refractivity contribution in [3.05, 3.63) is 24.3 Å². The van der Waals surface area contributed by atoms with Crippen molar-refractivity contribution in [2.75, 3.05) is 18.8 Å². The van der Waals surface area contributed by atoms with Gasteiger partial charge in [-0.05, 0) is 38.1 Å². The van der Waals surface area contributed by atoms with Gasteiger partial charge in [-0.3, -0.25) is 0 Å². The Labute approximate surface area is 87.3 Å². The Morgan fingerprint density at radius 2 is 1.57 bits per heavy atom. The van der Waals surface area contributed by atoms with Crippen molar-refractivity contribution >= 4 is 19.0 Å². The van der Waals surface area contributed by atoms with Gasteiger partial charge in [0, 0.05) is 5.69 Å². The van der Waals surface area contributed by atoms with E-state index in [4.69, 9.17) is 13.6 Å². The third-order valence-electron chi connectivity index (χ3n) is 2.14. The monoisotopic (exact) mass is 188 g/mol. The highest BCUT2D eigenvalue weighted by molar-refractivity contribution is 6.32. The van der Waals surface area contributed by atoms with Gasteiger partial charge in [-0.1, -0.05) is 24.0 Å². The summed E-state index contributed by atoms with van der Waals surface area (Å²) in [5.41, 5.74) is 6.87. The molecule has 1 heterocycles. The standard InChI is InChI=1S/C6H6BN.C5H11N/c7-5-1-3-6(8)4-2-5;1-2-4-6-5-3-1/h1-4H,8H2;6H,1-5H2. The van der Waals surface area contributed by atoms with Crippen LogP contribution in [-0.4, -0.2) is 20.9 Å². The van der Waals surface area contributed by atoms with E-state index in [0.717, 1.165) is 11.2 Å². The summed E-state index contributed by atoms with van der Waals surface area (Å²) >= 11 is 0. The number of nitrogen functional groups attached to an aromatic ring is 1. The minimum atomic E-state index is 0.749. The minimum Gasteiger partial charge on any atom is -0.399 e. The van der Waals surface area contributed by atoms with Crippen molar-refractivity contribution in [2.45, 2.75) is 19.3 Å². The fourth-order valence-corrected chi connectivity index (χ4v) is 1.30. The van der Waals surface area contributed by atoms with E-state index in [2.05, 4.69) is 5.32 Å². The molecular weight excluding hydrogens is 171 g/mol. The molecule has 14 heavy (non-hydrogen) atoms. The summed E-state index contributed by atoms with van der Waals surface area (Å²) in [5, 5.41) is 3.28. The molecule has 2 nitrogen and oxygen atoms in total. The lowest BCUT2D eigenvalue weighted by Crippen LogP contribution is -2.21. The molecule has 0 spiro atoms. The first-order valence-electron chi connectivity index (χ1n) is 5.11. The smallest absolute Gasteiger partial charge is 0.113 e. The van der Waals surface area contributed by atoms with Gasteiger partial charge in [-0.25, -0.2) is 0 Å². The third kappa shape index (κ3) is 4.92. The fraction of sp³-hybridized carbons (Fsp3) is 0.455. The largest absolute Gasteiger partial charge is 0.399 e. The van der Waals surface area contributed by atoms with Gasteiger partial charge in [0.2, 0.25) is 0 Å². The van der Waals surface area contributed by atoms with E-state index in [0.29, 0.717) is 0 Å². The molecule has 0 bridgehead atoms. The van der Waals surface area contributed by atoms with Crippen LogP contribution in [0, 0.1) is 0 Å². The summed E-state index contributed by atoms with van der Waals surface area (Å²) < 4.78 is 0. The first-order chi connectivity index (χ1) is 6.79. The molecule has 0 amide bonds. The quantitative estimate of drug-likeness (QED) is 0.467. The number of anilines is 1.